The second kappa shape index (κ2) is 6.01. The Morgan fingerprint density at radius 2 is 2.00 bits per heavy atom. The standard InChI is InChI=1S/C13H25N3S/c1-3-12-10-16(9-8-15(12)2)13(17)14-11-6-4-5-7-11/h11-12H,3-10H2,1-2H3,(H,14,17). The highest BCUT2D eigenvalue weighted by atomic mass is 32.1. The van der Waals surface area contributed by atoms with Crippen LogP contribution in [-0.4, -0.2) is 53.7 Å². The summed E-state index contributed by atoms with van der Waals surface area (Å²) in [4.78, 5) is 4.82. The summed E-state index contributed by atoms with van der Waals surface area (Å²) >= 11 is 5.55. The van der Waals surface area contributed by atoms with Crippen LogP contribution in [0.2, 0.25) is 0 Å². The first-order valence-corrected chi connectivity index (χ1v) is 7.37. The Balaban J connectivity index is 1.82. The molecule has 2 rings (SSSR count). The van der Waals surface area contributed by atoms with E-state index in [0.29, 0.717) is 12.1 Å². The molecule has 1 N–H and O–H groups in total. The molecule has 0 aromatic rings. The van der Waals surface area contributed by atoms with Gasteiger partial charge in [0.15, 0.2) is 5.11 Å². The Bertz CT molecular complexity index is 263. The minimum Gasteiger partial charge on any atom is -0.360 e. The fourth-order valence-electron chi connectivity index (χ4n) is 2.91. The van der Waals surface area contributed by atoms with Gasteiger partial charge in [0.05, 0.1) is 0 Å². The van der Waals surface area contributed by atoms with Gasteiger partial charge in [0.1, 0.15) is 0 Å². The average Bonchev–Trinajstić information content (AvgIpc) is 2.82. The van der Waals surface area contributed by atoms with Gasteiger partial charge >= 0.3 is 0 Å². The van der Waals surface area contributed by atoms with Gasteiger partial charge in [-0.15, -0.1) is 0 Å². The molecule has 2 aliphatic rings. The number of hydrogen-bond acceptors (Lipinski definition) is 2. The molecule has 1 atom stereocenters. The SMILES string of the molecule is CCC1CN(C(=S)NC2CCCC2)CCN1C. The number of piperazine rings is 1. The Morgan fingerprint density at radius 1 is 1.29 bits per heavy atom. The number of hydrogen-bond donors (Lipinski definition) is 1. The van der Waals surface area contributed by atoms with Gasteiger partial charge in [-0.1, -0.05) is 19.8 Å². The van der Waals surface area contributed by atoms with E-state index in [9.17, 15) is 0 Å². The van der Waals surface area contributed by atoms with Crippen molar-refractivity contribution < 1.29 is 0 Å². The van der Waals surface area contributed by atoms with Crippen LogP contribution in [0.4, 0.5) is 0 Å². The molecule has 0 amide bonds. The molecule has 1 saturated carbocycles. The molecule has 1 saturated heterocycles. The first-order chi connectivity index (χ1) is 8.20. The molecule has 17 heavy (non-hydrogen) atoms. The van der Waals surface area contributed by atoms with Gasteiger partial charge in [-0.05, 0) is 38.5 Å². The molecule has 4 heteroatoms. The molecule has 98 valence electrons. The maximum atomic E-state index is 5.55. The third-order valence-electron chi connectivity index (χ3n) is 4.22. The molecule has 1 aliphatic carbocycles. The van der Waals surface area contributed by atoms with Crippen molar-refractivity contribution >= 4 is 17.3 Å². The Kier molecular flexibility index (Phi) is 4.62. The molecule has 0 aromatic heterocycles. The predicted octanol–water partition coefficient (Wildman–Crippen LogP) is 1.83. The van der Waals surface area contributed by atoms with Crippen molar-refractivity contribution in [3.8, 4) is 0 Å². The zero-order valence-corrected chi connectivity index (χ0v) is 11.9. The molecule has 0 aromatic carbocycles. The summed E-state index contributed by atoms with van der Waals surface area (Å²) in [5.74, 6) is 0. The summed E-state index contributed by atoms with van der Waals surface area (Å²) in [6.07, 6.45) is 6.52. The largest absolute Gasteiger partial charge is 0.360 e. The van der Waals surface area contributed by atoms with Crippen LogP contribution < -0.4 is 5.32 Å². The monoisotopic (exact) mass is 255 g/mol. The number of nitrogens with zero attached hydrogens (tertiary/aromatic N) is 2. The molecular weight excluding hydrogens is 230 g/mol. The van der Waals surface area contributed by atoms with Crippen LogP contribution in [0, 0.1) is 0 Å². The van der Waals surface area contributed by atoms with E-state index >= 15 is 0 Å². The molecule has 0 bridgehead atoms. The molecule has 1 aliphatic heterocycles. The Labute approximate surface area is 111 Å². The van der Waals surface area contributed by atoms with E-state index in [-0.39, 0.29) is 0 Å². The van der Waals surface area contributed by atoms with E-state index < -0.39 is 0 Å². The van der Waals surface area contributed by atoms with Crippen molar-refractivity contribution in [2.24, 2.45) is 0 Å². The predicted molar refractivity (Wildman–Crippen MR) is 76.3 cm³/mol. The van der Waals surface area contributed by atoms with Gasteiger partial charge < -0.3 is 10.2 Å². The van der Waals surface area contributed by atoms with Gasteiger partial charge in [-0.2, -0.15) is 0 Å². The highest BCUT2D eigenvalue weighted by Crippen LogP contribution is 2.18. The molecule has 2 fully saturated rings. The van der Waals surface area contributed by atoms with E-state index in [2.05, 4.69) is 29.1 Å². The summed E-state index contributed by atoms with van der Waals surface area (Å²) in [5.41, 5.74) is 0. The lowest BCUT2D eigenvalue weighted by molar-refractivity contribution is 0.136. The highest BCUT2D eigenvalue weighted by Gasteiger charge is 2.25. The quantitative estimate of drug-likeness (QED) is 0.759. The fourth-order valence-corrected chi connectivity index (χ4v) is 3.24. The van der Waals surface area contributed by atoms with Crippen molar-refractivity contribution in [3.63, 3.8) is 0 Å². The molecule has 0 spiro atoms. The smallest absolute Gasteiger partial charge is 0.169 e. The van der Waals surface area contributed by atoms with Crippen LogP contribution in [0.15, 0.2) is 0 Å². The number of rotatable bonds is 2. The lowest BCUT2D eigenvalue weighted by atomic mass is 10.1. The first-order valence-electron chi connectivity index (χ1n) is 6.96. The van der Waals surface area contributed by atoms with Crippen molar-refractivity contribution in [2.45, 2.75) is 51.1 Å². The van der Waals surface area contributed by atoms with E-state index in [0.717, 1.165) is 24.7 Å². The first kappa shape index (κ1) is 13.1. The van der Waals surface area contributed by atoms with Crippen LogP contribution in [0.3, 0.4) is 0 Å². The number of thiocarbonyl (C=S) groups is 1. The number of likely N-dealkylation sites (N-methyl/N-ethyl adjacent to an activating group) is 1. The van der Waals surface area contributed by atoms with Crippen molar-refractivity contribution in [3.05, 3.63) is 0 Å². The molecule has 3 nitrogen and oxygen atoms in total. The summed E-state index contributed by atoms with van der Waals surface area (Å²) in [5, 5.41) is 4.54. The van der Waals surface area contributed by atoms with Gasteiger partial charge in [0, 0.05) is 31.7 Å². The van der Waals surface area contributed by atoms with Crippen molar-refractivity contribution in [1.29, 1.82) is 0 Å². The van der Waals surface area contributed by atoms with Gasteiger partial charge in [0.25, 0.3) is 0 Å². The van der Waals surface area contributed by atoms with Gasteiger partial charge in [0.2, 0.25) is 0 Å². The van der Waals surface area contributed by atoms with Gasteiger partial charge in [-0.25, -0.2) is 0 Å². The van der Waals surface area contributed by atoms with Crippen LogP contribution in [0.25, 0.3) is 0 Å². The van der Waals surface area contributed by atoms with Crippen molar-refractivity contribution in [1.82, 2.24) is 15.1 Å². The molecule has 0 radical (unpaired) electrons. The summed E-state index contributed by atoms with van der Waals surface area (Å²) in [6, 6.07) is 1.30. The maximum Gasteiger partial charge on any atom is 0.169 e. The Morgan fingerprint density at radius 3 is 2.65 bits per heavy atom. The lowest BCUT2D eigenvalue weighted by Gasteiger charge is -2.40. The van der Waals surface area contributed by atoms with E-state index in [4.69, 9.17) is 12.2 Å². The summed E-state index contributed by atoms with van der Waals surface area (Å²) in [6.45, 7) is 5.56. The second-order valence-electron chi connectivity index (χ2n) is 5.42. The Hall–Kier alpha value is -0.350. The van der Waals surface area contributed by atoms with Crippen molar-refractivity contribution in [2.75, 3.05) is 26.7 Å². The summed E-state index contributed by atoms with van der Waals surface area (Å²) < 4.78 is 0. The van der Waals surface area contributed by atoms with Crippen LogP contribution in [-0.2, 0) is 0 Å². The van der Waals surface area contributed by atoms with Crippen LogP contribution in [0.1, 0.15) is 39.0 Å². The minimum atomic E-state index is 0.641. The lowest BCUT2D eigenvalue weighted by Crippen LogP contribution is -2.56. The van der Waals surface area contributed by atoms with E-state index in [1.165, 1.54) is 32.1 Å². The molecule has 1 heterocycles. The fraction of sp³-hybridized carbons (Fsp3) is 0.923. The molecular formula is C13H25N3S. The summed E-state index contributed by atoms with van der Waals surface area (Å²) in [7, 11) is 2.22. The highest BCUT2D eigenvalue weighted by molar-refractivity contribution is 7.80. The number of nitrogens with one attached hydrogen (secondary N) is 1. The van der Waals surface area contributed by atoms with E-state index in [1.54, 1.807) is 0 Å². The van der Waals surface area contributed by atoms with E-state index in [1.807, 2.05) is 0 Å². The second-order valence-corrected chi connectivity index (χ2v) is 5.81. The van der Waals surface area contributed by atoms with Gasteiger partial charge in [-0.3, -0.25) is 4.90 Å². The maximum absolute atomic E-state index is 5.55. The zero-order valence-electron chi connectivity index (χ0n) is 11.1. The van der Waals surface area contributed by atoms with Crippen LogP contribution in [0.5, 0.6) is 0 Å². The van der Waals surface area contributed by atoms with Crippen LogP contribution >= 0.6 is 12.2 Å². The molecule has 1 unspecified atom stereocenters. The topological polar surface area (TPSA) is 18.5 Å². The minimum absolute atomic E-state index is 0.641. The normalized spacial score (nSPS) is 27.4. The third kappa shape index (κ3) is 3.32. The zero-order chi connectivity index (χ0) is 12.3. The average molecular weight is 255 g/mol. The third-order valence-corrected chi connectivity index (χ3v) is 4.59.